The zero-order valence-electron chi connectivity index (χ0n) is 11.4. The highest BCUT2D eigenvalue weighted by Crippen LogP contribution is 2.25. The number of nitrogens with zero attached hydrogens (tertiary/aromatic N) is 1. The average Bonchev–Trinajstić information content (AvgIpc) is 2.71. The number of piperidine rings is 1. The van der Waals surface area contributed by atoms with Gasteiger partial charge in [0.05, 0.1) is 6.54 Å². The van der Waals surface area contributed by atoms with E-state index in [0.29, 0.717) is 18.0 Å². The molecule has 3 nitrogen and oxygen atoms in total. The molecule has 2 heterocycles. The van der Waals surface area contributed by atoms with Gasteiger partial charge in [-0.25, -0.2) is 0 Å². The zero-order chi connectivity index (χ0) is 12.4. The Kier molecular flexibility index (Phi) is 3.89. The molecular weight excluding hydrogens is 212 g/mol. The van der Waals surface area contributed by atoms with Crippen molar-refractivity contribution in [1.82, 2.24) is 10.2 Å². The highest BCUT2D eigenvalue weighted by molar-refractivity contribution is 5.06. The summed E-state index contributed by atoms with van der Waals surface area (Å²) in [4.78, 5) is 2.52. The van der Waals surface area contributed by atoms with Gasteiger partial charge in [-0.05, 0) is 45.4 Å². The van der Waals surface area contributed by atoms with Crippen LogP contribution in [0.4, 0.5) is 0 Å². The van der Waals surface area contributed by atoms with Gasteiger partial charge >= 0.3 is 0 Å². The van der Waals surface area contributed by atoms with Gasteiger partial charge in [0.15, 0.2) is 0 Å². The maximum absolute atomic E-state index is 5.67. The van der Waals surface area contributed by atoms with E-state index in [2.05, 4.69) is 37.2 Å². The Morgan fingerprint density at radius 3 is 2.76 bits per heavy atom. The van der Waals surface area contributed by atoms with Gasteiger partial charge < -0.3 is 9.73 Å². The Labute approximate surface area is 104 Å². The molecule has 0 aromatic carbocycles. The predicted molar refractivity (Wildman–Crippen MR) is 69.9 cm³/mol. The highest BCUT2D eigenvalue weighted by atomic mass is 16.3. The maximum atomic E-state index is 5.67. The van der Waals surface area contributed by atoms with E-state index < -0.39 is 0 Å². The molecule has 0 saturated carbocycles. The summed E-state index contributed by atoms with van der Waals surface area (Å²) < 4.78 is 5.67. The molecule has 17 heavy (non-hydrogen) atoms. The zero-order valence-corrected chi connectivity index (χ0v) is 11.4. The Morgan fingerprint density at radius 2 is 2.18 bits per heavy atom. The summed E-state index contributed by atoms with van der Waals surface area (Å²) >= 11 is 0. The van der Waals surface area contributed by atoms with Crippen molar-refractivity contribution in [2.75, 3.05) is 13.6 Å². The molecule has 1 saturated heterocycles. The van der Waals surface area contributed by atoms with E-state index in [-0.39, 0.29) is 0 Å². The van der Waals surface area contributed by atoms with E-state index in [1.807, 2.05) is 13.0 Å². The Bertz CT molecular complexity index is 361. The minimum atomic E-state index is 0.603. The van der Waals surface area contributed by atoms with E-state index in [9.17, 15) is 0 Å². The minimum absolute atomic E-state index is 0.603. The molecule has 1 aromatic rings. The van der Waals surface area contributed by atoms with Crippen molar-refractivity contribution >= 4 is 0 Å². The van der Waals surface area contributed by atoms with Crippen LogP contribution in [0, 0.1) is 12.8 Å². The first kappa shape index (κ1) is 12.7. The third kappa shape index (κ3) is 2.72. The van der Waals surface area contributed by atoms with E-state index >= 15 is 0 Å². The minimum Gasteiger partial charge on any atom is -0.465 e. The summed E-state index contributed by atoms with van der Waals surface area (Å²) in [5.41, 5.74) is 0. The second kappa shape index (κ2) is 5.23. The summed E-state index contributed by atoms with van der Waals surface area (Å²) in [6.45, 7) is 8.75. The lowest BCUT2D eigenvalue weighted by molar-refractivity contribution is 0.0747. The van der Waals surface area contributed by atoms with E-state index in [4.69, 9.17) is 4.42 Å². The molecule has 0 radical (unpaired) electrons. The van der Waals surface area contributed by atoms with Crippen LogP contribution in [0.15, 0.2) is 16.5 Å². The summed E-state index contributed by atoms with van der Waals surface area (Å²) in [7, 11) is 2.07. The molecule has 1 fully saturated rings. The Balaban J connectivity index is 1.98. The number of rotatable bonds is 3. The third-order valence-electron chi connectivity index (χ3n) is 4.22. The molecule has 3 heteroatoms. The van der Waals surface area contributed by atoms with Crippen LogP contribution in [-0.2, 0) is 6.54 Å². The predicted octanol–water partition coefficient (Wildman–Crippen LogP) is 2.41. The fourth-order valence-electron chi connectivity index (χ4n) is 2.84. The third-order valence-corrected chi connectivity index (χ3v) is 4.22. The number of hydrogen-bond donors (Lipinski definition) is 1. The molecule has 1 aliphatic rings. The van der Waals surface area contributed by atoms with Crippen molar-refractivity contribution in [3.8, 4) is 0 Å². The Morgan fingerprint density at radius 1 is 1.41 bits per heavy atom. The van der Waals surface area contributed by atoms with Crippen LogP contribution >= 0.6 is 0 Å². The van der Waals surface area contributed by atoms with Crippen LogP contribution in [-0.4, -0.2) is 30.6 Å². The van der Waals surface area contributed by atoms with E-state index in [1.54, 1.807) is 0 Å². The lowest BCUT2D eigenvalue weighted by Gasteiger charge is -2.42. The first-order valence-corrected chi connectivity index (χ1v) is 6.58. The molecule has 0 aliphatic carbocycles. The molecule has 0 bridgehead atoms. The van der Waals surface area contributed by atoms with E-state index in [0.717, 1.165) is 24.6 Å². The van der Waals surface area contributed by atoms with Gasteiger partial charge in [0.2, 0.25) is 0 Å². The monoisotopic (exact) mass is 236 g/mol. The van der Waals surface area contributed by atoms with Crippen molar-refractivity contribution in [3.63, 3.8) is 0 Å². The summed E-state index contributed by atoms with van der Waals surface area (Å²) in [5, 5.41) is 3.42. The van der Waals surface area contributed by atoms with Gasteiger partial charge in [0, 0.05) is 18.6 Å². The van der Waals surface area contributed by atoms with Gasteiger partial charge in [0.1, 0.15) is 11.5 Å². The van der Waals surface area contributed by atoms with Crippen LogP contribution in [0.1, 0.15) is 31.8 Å². The molecule has 96 valence electrons. The standard InChI is InChI=1S/C14H24N2O/c1-10-5-6-13(17-10)9-16-8-7-14(15-4)11(2)12(16)3/h5-6,11-12,14-15H,7-9H2,1-4H3. The number of hydrogen-bond acceptors (Lipinski definition) is 3. The molecule has 0 spiro atoms. The smallest absolute Gasteiger partial charge is 0.118 e. The van der Waals surface area contributed by atoms with Gasteiger partial charge in [-0.15, -0.1) is 0 Å². The lowest BCUT2D eigenvalue weighted by Crippen LogP contribution is -2.52. The van der Waals surface area contributed by atoms with Gasteiger partial charge in [-0.1, -0.05) is 6.92 Å². The van der Waals surface area contributed by atoms with Gasteiger partial charge in [-0.2, -0.15) is 0 Å². The van der Waals surface area contributed by atoms with Crippen LogP contribution in [0.25, 0.3) is 0 Å². The SMILES string of the molecule is CNC1CCN(Cc2ccc(C)o2)C(C)C1C. The molecule has 2 rings (SSSR count). The molecular formula is C14H24N2O. The first-order valence-electron chi connectivity index (χ1n) is 6.58. The number of likely N-dealkylation sites (tertiary alicyclic amines) is 1. The summed E-state index contributed by atoms with van der Waals surface area (Å²) in [6.07, 6.45) is 1.22. The largest absolute Gasteiger partial charge is 0.465 e. The van der Waals surface area contributed by atoms with Crippen molar-refractivity contribution in [3.05, 3.63) is 23.7 Å². The van der Waals surface area contributed by atoms with Crippen LogP contribution < -0.4 is 5.32 Å². The topological polar surface area (TPSA) is 28.4 Å². The average molecular weight is 236 g/mol. The maximum Gasteiger partial charge on any atom is 0.118 e. The fourth-order valence-corrected chi connectivity index (χ4v) is 2.84. The van der Waals surface area contributed by atoms with Crippen molar-refractivity contribution in [1.29, 1.82) is 0 Å². The van der Waals surface area contributed by atoms with Crippen LogP contribution in [0.5, 0.6) is 0 Å². The van der Waals surface area contributed by atoms with Crippen molar-refractivity contribution in [2.24, 2.45) is 5.92 Å². The molecule has 0 amide bonds. The first-order chi connectivity index (χ1) is 8.11. The van der Waals surface area contributed by atoms with Crippen molar-refractivity contribution in [2.45, 2.75) is 45.8 Å². The molecule has 1 N–H and O–H groups in total. The Hall–Kier alpha value is -0.800. The van der Waals surface area contributed by atoms with E-state index in [1.165, 1.54) is 6.42 Å². The summed E-state index contributed by atoms with van der Waals surface area (Å²) in [5.74, 6) is 2.78. The van der Waals surface area contributed by atoms with Gasteiger partial charge in [0.25, 0.3) is 0 Å². The van der Waals surface area contributed by atoms with Gasteiger partial charge in [-0.3, -0.25) is 4.90 Å². The van der Waals surface area contributed by atoms with Crippen molar-refractivity contribution < 1.29 is 4.42 Å². The summed E-state index contributed by atoms with van der Waals surface area (Å²) in [6, 6.07) is 5.40. The highest BCUT2D eigenvalue weighted by Gasteiger charge is 2.31. The molecule has 1 aliphatic heterocycles. The van der Waals surface area contributed by atoms with Crippen LogP contribution in [0.3, 0.4) is 0 Å². The second-order valence-electron chi connectivity index (χ2n) is 5.27. The quantitative estimate of drug-likeness (QED) is 0.873. The number of nitrogens with one attached hydrogen (secondary N) is 1. The fraction of sp³-hybridized carbons (Fsp3) is 0.714. The normalized spacial score (nSPS) is 30.7. The number of furan rings is 1. The molecule has 3 unspecified atom stereocenters. The second-order valence-corrected chi connectivity index (χ2v) is 5.27. The molecule has 3 atom stereocenters. The van der Waals surface area contributed by atoms with Crippen LogP contribution in [0.2, 0.25) is 0 Å². The lowest BCUT2D eigenvalue weighted by atomic mass is 9.87. The number of aryl methyl sites for hydroxylation is 1. The molecule has 1 aromatic heterocycles.